The lowest BCUT2D eigenvalue weighted by atomic mass is 10.1. The normalized spacial score (nSPS) is 15.7. The minimum atomic E-state index is 0.114. The summed E-state index contributed by atoms with van der Waals surface area (Å²) in [6.07, 6.45) is 0.114. The molecule has 3 heteroatoms. The third-order valence-corrected chi connectivity index (χ3v) is 2.22. The maximum Gasteiger partial charge on any atom is 0.145 e. The molecule has 72 valence electrons. The molecular formula is C11H11NO2. The van der Waals surface area contributed by atoms with Gasteiger partial charge in [0, 0.05) is 0 Å². The van der Waals surface area contributed by atoms with Crippen molar-refractivity contribution < 1.29 is 9.47 Å². The van der Waals surface area contributed by atoms with E-state index in [9.17, 15) is 0 Å². The number of hydrogen-bond donors (Lipinski definition) is 0. The van der Waals surface area contributed by atoms with Crippen LogP contribution in [0.4, 0.5) is 0 Å². The minimum absolute atomic E-state index is 0.114. The van der Waals surface area contributed by atoms with E-state index >= 15 is 0 Å². The van der Waals surface area contributed by atoms with Gasteiger partial charge in [-0.15, -0.1) is 0 Å². The number of ether oxygens (including phenoxy) is 2. The van der Waals surface area contributed by atoms with Gasteiger partial charge in [0.25, 0.3) is 0 Å². The lowest BCUT2D eigenvalue weighted by Gasteiger charge is -2.27. The number of para-hydroxylation sites is 1. The number of hydrogen-bond acceptors (Lipinski definition) is 3. The van der Waals surface area contributed by atoms with Gasteiger partial charge in [-0.05, 0) is 18.6 Å². The summed E-state index contributed by atoms with van der Waals surface area (Å²) >= 11 is 0. The third-order valence-electron chi connectivity index (χ3n) is 2.22. The first-order valence-electron chi connectivity index (χ1n) is 4.55. The van der Waals surface area contributed by atoms with Crippen LogP contribution in [-0.2, 0) is 4.74 Å². The number of aryl methyl sites for hydroxylation is 1. The molecule has 3 nitrogen and oxygen atoms in total. The first-order chi connectivity index (χ1) is 6.81. The molecule has 0 bridgehead atoms. The van der Waals surface area contributed by atoms with E-state index in [1.807, 2.05) is 19.1 Å². The molecule has 0 aliphatic carbocycles. The highest BCUT2D eigenvalue weighted by Crippen LogP contribution is 2.25. The van der Waals surface area contributed by atoms with Crippen molar-refractivity contribution in [2.75, 3.05) is 13.2 Å². The van der Waals surface area contributed by atoms with Crippen molar-refractivity contribution in [1.82, 2.24) is 0 Å². The molecule has 0 spiro atoms. The van der Waals surface area contributed by atoms with E-state index in [4.69, 9.17) is 14.7 Å². The Morgan fingerprint density at radius 1 is 1.50 bits per heavy atom. The second kappa shape index (κ2) is 3.69. The molecule has 0 unspecified atom stereocenters. The molecule has 0 amide bonds. The molecule has 0 radical (unpaired) electrons. The smallest absolute Gasteiger partial charge is 0.145 e. The molecular weight excluding hydrogens is 178 g/mol. The molecule has 2 rings (SSSR count). The van der Waals surface area contributed by atoms with Crippen LogP contribution >= 0.6 is 0 Å². The molecule has 14 heavy (non-hydrogen) atoms. The van der Waals surface area contributed by atoms with E-state index in [2.05, 4.69) is 6.07 Å². The number of rotatable bonds is 2. The average Bonchev–Trinajstić information content (AvgIpc) is 2.12. The zero-order valence-electron chi connectivity index (χ0n) is 7.99. The van der Waals surface area contributed by atoms with Crippen molar-refractivity contribution in [3.05, 3.63) is 29.3 Å². The fraction of sp³-hybridized carbons (Fsp3) is 0.364. The van der Waals surface area contributed by atoms with Gasteiger partial charge in [0.2, 0.25) is 0 Å². The quantitative estimate of drug-likeness (QED) is 0.710. The van der Waals surface area contributed by atoms with Crippen LogP contribution in [-0.4, -0.2) is 19.3 Å². The van der Waals surface area contributed by atoms with Gasteiger partial charge in [-0.25, -0.2) is 0 Å². The molecule has 0 atom stereocenters. The maximum atomic E-state index is 8.89. The van der Waals surface area contributed by atoms with Crippen molar-refractivity contribution in [3.8, 4) is 11.8 Å². The SMILES string of the molecule is Cc1cccc(C#N)c1OC1COC1. The van der Waals surface area contributed by atoms with Crippen LogP contribution in [0.5, 0.6) is 5.75 Å². The molecule has 1 aliphatic heterocycles. The molecule has 1 aliphatic rings. The summed E-state index contributed by atoms with van der Waals surface area (Å²) in [6, 6.07) is 7.69. The molecule has 1 aromatic rings. The van der Waals surface area contributed by atoms with Gasteiger partial charge in [-0.2, -0.15) is 5.26 Å². The van der Waals surface area contributed by atoms with E-state index in [0.29, 0.717) is 24.5 Å². The molecule has 0 aromatic heterocycles. The van der Waals surface area contributed by atoms with Crippen LogP contribution in [0.2, 0.25) is 0 Å². The van der Waals surface area contributed by atoms with Crippen molar-refractivity contribution in [2.24, 2.45) is 0 Å². The summed E-state index contributed by atoms with van der Waals surface area (Å²) < 4.78 is 10.7. The fourth-order valence-corrected chi connectivity index (χ4v) is 1.35. The largest absolute Gasteiger partial charge is 0.484 e. The molecule has 0 N–H and O–H groups in total. The Kier molecular flexibility index (Phi) is 2.38. The lowest BCUT2D eigenvalue weighted by molar-refractivity contribution is -0.0800. The highest BCUT2D eigenvalue weighted by Gasteiger charge is 2.22. The average molecular weight is 189 g/mol. The summed E-state index contributed by atoms with van der Waals surface area (Å²) in [7, 11) is 0. The van der Waals surface area contributed by atoms with E-state index in [-0.39, 0.29) is 6.10 Å². The Bertz CT molecular complexity index is 377. The predicted molar refractivity (Wildman–Crippen MR) is 51.1 cm³/mol. The van der Waals surface area contributed by atoms with E-state index in [1.54, 1.807) is 6.07 Å². The Morgan fingerprint density at radius 2 is 2.29 bits per heavy atom. The Labute approximate surface area is 82.9 Å². The van der Waals surface area contributed by atoms with Gasteiger partial charge in [0.1, 0.15) is 17.9 Å². The number of benzene rings is 1. The highest BCUT2D eigenvalue weighted by atomic mass is 16.6. The summed E-state index contributed by atoms with van der Waals surface area (Å²) in [4.78, 5) is 0. The molecule has 1 fully saturated rings. The second-order valence-electron chi connectivity index (χ2n) is 3.34. The lowest BCUT2D eigenvalue weighted by Crippen LogP contribution is -2.38. The van der Waals surface area contributed by atoms with E-state index in [0.717, 1.165) is 5.56 Å². The standard InChI is InChI=1S/C11H11NO2/c1-8-3-2-4-9(5-12)11(8)14-10-6-13-7-10/h2-4,10H,6-7H2,1H3. The van der Waals surface area contributed by atoms with Crippen molar-refractivity contribution in [3.63, 3.8) is 0 Å². The number of nitrogens with zero attached hydrogens (tertiary/aromatic N) is 1. The Morgan fingerprint density at radius 3 is 2.86 bits per heavy atom. The van der Waals surface area contributed by atoms with E-state index in [1.165, 1.54) is 0 Å². The van der Waals surface area contributed by atoms with Crippen LogP contribution in [0.1, 0.15) is 11.1 Å². The van der Waals surface area contributed by atoms with Crippen LogP contribution in [0.15, 0.2) is 18.2 Å². The second-order valence-corrected chi connectivity index (χ2v) is 3.34. The summed E-state index contributed by atoms with van der Waals surface area (Å²) in [5.74, 6) is 0.698. The minimum Gasteiger partial charge on any atom is -0.484 e. The van der Waals surface area contributed by atoms with Crippen LogP contribution < -0.4 is 4.74 Å². The van der Waals surface area contributed by atoms with Gasteiger partial charge >= 0.3 is 0 Å². The molecule has 0 saturated carbocycles. The zero-order valence-corrected chi connectivity index (χ0v) is 7.99. The van der Waals surface area contributed by atoms with Crippen LogP contribution in [0.3, 0.4) is 0 Å². The summed E-state index contributed by atoms with van der Waals surface area (Å²) in [5.41, 5.74) is 1.59. The third kappa shape index (κ3) is 1.57. The first kappa shape index (κ1) is 9.04. The zero-order chi connectivity index (χ0) is 9.97. The van der Waals surface area contributed by atoms with Crippen molar-refractivity contribution in [2.45, 2.75) is 13.0 Å². The fourth-order valence-electron chi connectivity index (χ4n) is 1.35. The topological polar surface area (TPSA) is 42.2 Å². The van der Waals surface area contributed by atoms with E-state index < -0.39 is 0 Å². The maximum absolute atomic E-state index is 8.89. The van der Waals surface area contributed by atoms with Crippen LogP contribution in [0, 0.1) is 18.3 Å². The summed E-state index contributed by atoms with van der Waals surface area (Å²) in [5, 5.41) is 8.89. The molecule has 1 heterocycles. The van der Waals surface area contributed by atoms with Gasteiger partial charge < -0.3 is 9.47 Å². The predicted octanol–water partition coefficient (Wildman–Crippen LogP) is 1.64. The van der Waals surface area contributed by atoms with Crippen molar-refractivity contribution in [1.29, 1.82) is 5.26 Å². The molecule has 1 aromatic carbocycles. The first-order valence-corrected chi connectivity index (χ1v) is 4.55. The molecule has 1 saturated heterocycles. The van der Waals surface area contributed by atoms with Gasteiger partial charge in [-0.1, -0.05) is 12.1 Å². The van der Waals surface area contributed by atoms with Crippen molar-refractivity contribution >= 4 is 0 Å². The van der Waals surface area contributed by atoms with Gasteiger partial charge in [0.05, 0.1) is 18.8 Å². The number of nitriles is 1. The monoisotopic (exact) mass is 189 g/mol. The van der Waals surface area contributed by atoms with Gasteiger partial charge in [-0.3, -0.25) is 0 Å². The summed E-state index contributed by atoms with van der Waals surface area (Å²) in [6.45, 7) is 3.19. The van der Waals surface area contributed by atoms with Crippen LogP contribution in [0.25, 0.3) is 0 Å². The Hall–Kier alpha value is -1.53. The van der Waals surface area contributed by atoms with Gasteiger partial charge in [0.15, 0.2) is 0 Å². The Balaban J connectivity index is 2.25. The highest BCUT2D eigenvalue weighted by molar-refractivity contribution is 5.48.